The summed E-state index contributed by atoms with van der Waals surface area (Å²) in [7, 11) is -3.72. The normalized spacial score (nSPS) is 13.6. The Morgan fingerprint density at radius 1 is 1.41 bits per heavy atom. The Balaban J connectivity index is 2.72. The quantitative estimate of drug-likeness (QED) is 0.562. The summed E-state index contributed by atoms with van der Waals surface area (Å²) >= 11 is 0.740. The molecular weight excluding hydrogens is 264 g/mol. The SMILES string of the molecule is CCOP(=O)(OCC)C(F)Sc1ccccn1. The first-order valence-electron chi connectivity index (χ1n) is 5.23. The lowest BCUT2D eigenvalue weighted by Crippen LogP contribution is -2.05. The van der Waals surface area contributed by atoms with Crippen LogP contribution in [0.5, 0.6) is 0 Å². The van der Waals surface area contributed by atoms with Crippen molar-refractivity contribution in [1.82, 2.24) is 4.98 Å². The van der Waals surface area contributed by atoms with E-state index < -0.39 is 12.8 Å². The van der Waals surface area contributed by atoms with Crippen molar-refractivity contribution in [2.45, 2.75) is 24.1 Å². The van der Waals surface area contributed by atoms with Crippen LogP contribution >= 0.6 is 19.4 Å². The van der Waals surface area contributed by atoms with Crippen molar-refractivity contribution in [3.8, 4) is 0 Å². The van der Waals surface area contributed by atoms with Gasteiger partial charge in [0.25, 0.3) is 5.24 Å². The fraction of sp³-hybridized carbons (Fsp3) is 0.500. The van der Waals surface area contributed by atoms with Crippen molar-refractivity contribution in [1.29, 1.82) is 0 Å². The van der Waals surface area contributed by atoms with Crippen molar-refractivity contribution < 1.29 is 18.0 Å². The number of rotatable bonds is 7. The maximum atomic E-state index is 13.9. The maximum absolute atomic E-state index is 13.9. The van der Waals surface area contributed by atoms with Gasteiger partial charge in [0.1, 0.15) is 0 Å². The molecule has 0 aliphatic heterocycles. The Bertz CT molecular complexity index is 369. The van der Waals surface area contributed by atoms with Crippen LogP contribution in [-0.4, -0.2) is 23.4 Å². The van der Waals surface area contributed by atoms with Gasteiger partial charge in [-0.25, -0.2) is 9.37 Å². The van der Waals surface area contributed by atoms with Crippen LogP contribution in [-0.2, 0) is 13.6 Å². The molecule has 0 spiro atoms. The number of aromatic nitrogens is 1. The average Bonchev–Trinajstić information content (AvgIpc) is 2.31. The molecule has 1 heterocycles. The number of thioether (sulfide) groups is 1. The predicted octanol–water partition coefficient (Wildman–Crippen LogP) is 3.69. The highest BCUT2D eigenvalue weighted by Gasteiger charge is 2.37. The molecule has 0 aromatic carbocycles. The van der Waals surface area contributed by atoms with Crippen LogP contribution < -0.4 is 0 Å². The van der Waals surface area contributed by atoms with Gasteiger partial charge in [0.05, 0.1) is 18.2 Å². The lowest BCUT2D eigenvalue weighted by molar-refractivity contribution is 0.205. The maximum Gasteiger partial charge on any atom is 0.375 e. The minimum absolute atomic E-state index is 0.139. The van der Waals surface area contributed by atoms with Crippen LogP contribution in [0.25, 0.3) is 0 Å². The zero-order valence-corrected chi connectivity index (χ0v) is 11.4. The third kappa shape index (κ3) is 4.39. The first kappa shape index (κ1) is 14.6. The molecule has 7 heteroatoms. The van der Waals surface area contributed by atoms with Crippen LogP contribution in [0.1, 0.15) is 13.8 Å². The molecule has 0 fully saturated rings. The smallest absolute Gasteiger partial charge is 0.306 e. The van der Waals surface area contributed by atoms with E-state index in [1.165, 1.54) is 0 Å². The van der Waals surface area contributed by atoms with E-state index in [2.05, 4.69) is 4.98 Å². The fourth-order valence-corrected chi connectivity index (χ4v) is 3.81. The van der Waals surface area contributed by atoms with E-state index in [1.54, 1.807) is 38.2 Å². The summed E-state index contributed by atoms with van der Waals surface area (Å²) in [4.78, 5) is 3.94. The molecule has 1 rings (SSSR count). The second-order valence-electron chi connectivity index (χ2n) is 2.95. The van der Waals surface area contributed by atoms with E-state index in [0.717, 1.165) is 11.8 Å². The van der Waals surface area contributed by atoms with Crippen LogP contribution in [0.4, 0.5) is 4.39 Å². The Hall–Kier alpha value is -0.420. The number of alkyl halides is 1. The van der Waals surface area contributed by atoms with Crippen LogP contribution in [0, 0.1) is 0 Å². The highest BCUT2D eigenvalue weighted by atomic mass is 32.2. The Morgan fingerprint density at radius 2 is 2.06 bits per heavy atom. The minimum atomic E-state index is -3.72. The fourth-order valence-electron chi connectivity index (χ4n) is 1.10. The summed E-state index contributed by atoms with van der Waals surface area (Å²) in [6.45, 7) is 3.56. The molecule has 1 atom stereocenters. The van der Waals surface area contributed by atoms with E-state index >= 15 is 0 Å². The van der Waals surface area contributed by atoms with Gasteiger partial charge in [0.15, 0.2) is 0 Å². The van der Waals surface area contributed by atoms with Gasteiger partial charge >= 0.3 is 7.60 Å². The molecule has 1 unspecified atom stereocenters. The molecule has 1 aromatic heterocycles. The minimum Gasteiger partial charge on any atom is -0.306 e. The zero-order valence-electron chi connectivity index (χ0n) is 9.71. The molecule has 4 nitrogen and oxygen atoms in total. The molecule has 17 heavy (non-hydrogen) atoms. The van der Waals surface area contributed by atoms with Gasteiger partial charge in [-0.3, -0.25) is 4.57 Å². The molecule has 96 valence electrons. The van der Waals surface area contributed by atoms with E-state index in [4.69, 9.17) is 9.05 Å². The van der Waals surface area contributed by atoms with Crippen molar-refractivity contribution in [3.63, 3.8) is 0 Å². The molecule has 0 aliphatic rings. The summed E-state index contributed by atoms with van der Waals surface area (Å²) in [5, 5.41) is -1.32. The molecular formula is C10H15FNO3PS. The van der Waals surface area contributed by atoms with Crippen LogP contribution in [0.3, 0.4) is 0 Å². The van der Waals surface area contributed by atoms with Gasteiger partial charge in [0, 0.05) is 6.20 Å². The first-order chi connectivity index (χ1) is 8.12. The second-order valence-corrected chi connectivity index (χ2v) is 6.42. The summed E-state index contributed by atoms with van der Waals surface area (Å²) in [6.07, 6.45) is 1.54. The molecule has 0 radical (unpaired) electrons. The number of nitrogens with zero attached hydrogens (tertiary/aromatic N) is 1. The largest absolute Gasteiger partial charge is 0.375 e. The lowest BCUT2D eigenvalue weighted by Gasteiger charge is -2.19. The van der Waals surface area contributed by atoms with Crippen molar-refractivity contribution in [3.05, 3.63) is 24.4 Å². The van der Waals surface area contributed by atoms with E-state index in [0.29, 0.717) is 5.03 Å². The van der Waals surface area contributed by atoms with E-state index in [1.807, 2.05) is 0 Å². The lowest BCUT2D eigenvalue weighted by atomic mass is 10.5. The van der Waals surface area contributed by atoms with Crippen molar-refractivity contribution >= 4 is 19.4 Å². The Kier molecular flexibility index (Phi) is 6.12. The third-order valence-electron chi connectivity index (χ3n) is 1.72. The molecule has 0 bridgehead atoms. The number of hydrogen-bond donors (Lipinski definition) is 0. The summed E-state index contributed by atoms with van der Waals surface area (Å²) in [5.41, 5.74) is 0. The van der Waals surface area contributed by atoms with Crippen LogP contribution in [0.15, 0.2) is 29.4 Å². The van der Waals surface area contributed by atoms with Gasteiger partial charge < -0.3 is 9.05 Å². The number of hydrogen-bond acceptors (Lipinski definition) is 5. The number of halogens is 1. The molecule has 0 saturated carbocycles. The second kappa shape index (κ2) is 7.11. The third-order valence-corrected chi connectivity index (χ3v) is 5.22. The Labute approximate surface area is 104 Å². The van der Waals surface area contributed by atoms with Gasteiger partial charge in [-0.1, -0.05) is 17.8 Å². The molecule has 0 N–H and O–H groups in total. The van der Waals surface area contributed by atoms with Crippen molar-refractivity contribution in [2.24, 2.45) is 0 Å². The van der Waals surface area contributed by atoms with Gasteiger partial charge in [-0.2, -0.15) is 0 Å². The van der Waals surface area contributed by atoms with E-state index in [-0.39, 0.29) is 13.2 Å². The number of pyridine rings is 1. The van der Waals surface area contributed by atoms with Gasteiger partial charge in [-0.05, 0) is 26.0 Å². The molecule has 0 amide bonds. The van der Waals surface area contributed by atoms with Gasteiger partial charge in [0.2, 0.25) is 0 Å². The average molecular weight is 279 g/mol. The molecule has 0 saturated heterocycles. The monoisotopic (exact) mass is 279 g/mol. The van der Waals surface area contributed by atoms with Crippen molar-refractivity contribution in [2.75, 3.05) is 13.2 Å². The predicted molar refractivity (Wildman–Crippen MR) is 65.8 cm³/mol. The summed E-state index contributed by atoms with van der Waals surface area (Å²) in [5.74, 6) is 0. The first-order valence-corrected chi connectivity index (χ1v) is 7.72. The van der Waals surface area contributed by atoms with Crippen LogP contribution in [0.2, 0.25) is 0 Å². The summed E-state index contributed by atoms with van der Waals surface area (Å²) in [6, 6.07) is 5.09. The van der Waals surface area contributed by atoms with E-state index in [9.17, 15) is 8.96 Å². The Morgan fingerprint density at radius 3 is 2.53 bits per heavy atom. The van der Waals surface area contributed by atoms with Gasteiger partial charge in [-0.15, -0.1) is 0 Å². The zero-order chi connectivity index (χ0) is 12.7. The topological polar surface area (TPSA) is 48.4 Å². The molecule has 1 aromatic rings. The highest BCUT2D eigenvalue weighted by Crippen LogP contribution is 2.58. The highest BCUT2D eigenvalue weighted by molar-refractivity contribution is 8.05. The standard InChI is InChI=1S/C10H15FNO3PS/c1-3-14-16(13,15-4-2)10(11)17-9-7-5-6-8-12-9/h5-8,10H,3-4H2,1-2H3. The summed E-state index contributed by atoms with van der Waals surface area (Å²) < 4.78 is 35.8. The molecule has 0 aliphatic carbocycles.